The van der Waals surface area contributed by atoms with Crippen molar-refractivity contribution in [3.05, 3.63) is 29.8 Å². The van der Waals surface area contributed by atoms with E-state index < -0.39 is 0 Å². The number of hydrogen-bond acceptors (Lipinski definition) is 2. The molecule has 0 aromatic heterocycles. The molecule has 1 amide bonds. The SMILES string of the molecule is CC(Br)CNC(=O)c1cccc(N(C)C)c1. The van der Waals surface area contributed by atoms with Crippen molar-refractivity contribution < 1.29 is 4.79 Å². The number of nitrogens with zero attached hydrogens (tertiary/aromatic N) is 1. The van der Waals surface area contributed by atoms with E-state index in [9.17, 15) is 4.79 Å². The van der Waals surface area contributed by atoms with Crippen LogP contribution in [0.4, 0.5) is 5.69 Å². The summed E-state index contributed by atoms with van der Waals surface area (Å²) < 4.78 is 0. The summed E-state index contributed by atoms with van der Waals surface area (Å²) >= 11 is 3.39. The second kappa shape index (κ2) is 5.89. The molecule has 1 aromatic rings. The Bertz CT molecular complexity index is 364. The first-order chi connectivity index (χ1) is 7.50. The molecule has 0 aliphatic carbocycles. The van der Waals surface area contributed by atoms with Crippen LogP contribution in [0.15, 0.2) is 24.3 Å². The zero-order valence-corrected chi connectivity index (χ0v) is 11.4. The van der Waals surface area contributed by atoms with Gasteiger partial charge in [0.15, 0.2) is 0 Å². The van der Waals surface area contributed by atoms with E-state index in [0.29, 0.717) is 12.1 Å². The van der Waals surface area contributed by atoms with Gasteiger partial charge in [-0.15, -0.1) is 0 Å². The molecule has 0 heterocycles. The minimum Gasteiger partial charge on any atom is -0.378 e. The molecule has 1 atom stereocenters. The number of rotatable bonds is 4. The molecule has 4 heteroatoms. The van der Waals surface area contributed by atoms with Crippen molar-refractivity contribution in [1.82, 2.24) is 5.32 Å². The van der Waals surface area contributed by atoms with Crippen LogP contribution in [0.1, 0.15) is 17.3 Å². The summed E-state index contributed by atoms with van der Waals surface area (Å²) in [6.07, 6.45) is 0. The number of carbonyl (C=O) groups excluding carboxylic acids is 1. The summed E-state index contributed by atoms with van der Waals surface area (Å²) in [6.45, 7) is 2.63. The quantitative estimate of drug-likeness (QED) is 0.861. The van der Waals surface area contributed by atoms with Crippen molar-refractivity contribution >= 4 is 27.5 Å². The maximum absolute atomic E-state index is 11.8. The van der Waals surface area contributed by atoms with Crippen LogP contribution in [0.5, 0.6) is 0 Å². The normalized spacial score (nSPS) is 12.0. The molecule has 0 fully saturated rings. The van der Waals surface area contributed by atoms with Gasteiger partial charge in [-0.05, 0) is 18.2 Å². The van der Waals surface area contributed by atoms with Crippen LogP contribution in [0, 0.1) is 0 Å². The highest BCUT2D eigenvalue weighted by atomic mass is 79.9. The van der Waals surface area contributed by atoms with Gasteiger partial charge in [-0.1, -0.05) is 28.9 Å². The fraction of sp³-hybridized carbons (Fsp3) is 0.417. The summed E-state index contributed by atoms with van der Waals surface area (Å²) in [7, 11) is 3.91. The smallest absolute Gasteiger partial charge is 0.251 e. The molecule has 1 aromatic carbocycles. The highest BCUT2D eigenvalue weighted by Gasteiger charge is 2.07. The molecular formula is C12H17BrN2O. The standard InChI is InChI=1S/C12H17BrN2O/c1-9(13)8-14-12(16)10-5-4-6-11(7-10)15(2)3/h4-7,9H,8H2,1-3H3,(H,14,16). The highest BCUT2D eigenvalue weighted by Crippen LogP contribution is 2.13. The molecule has 1 N–H and O–H groups in total. The fourth-order valence-electron chi connectivity index (χ4n) is 1.26. The predicted molar refractivity (Wildman–Crippen MR) is 71.5 cm³/mol. The summed E-state index contributed by atoms with van der Waals surface area (Å²) in [6, 6.07) is 7.57. The minimum atomic E-state index is -0.0324. The second-order valence-corrected chi connectivity index (χ2v) is 5.50. The third-order valence-electron chi connectivity index (χ3n) is 2.17. The first-order valence-corrected chi connectivity index (χ1v) is 6.12. The summed E-state index contributed by atoms with van der Waals surface area (Å²) in [4.78, 5) is 14.0. The first kappa shape index (κ1) is 13.0. The van der Waals surface area contributed by atoms with Crippen molar-refractivity contribution in [2.75, 3.05) is 25.5 Å². The van der Waals surface area contributed by atoms with Gasteiger partial charge in [0.1, 0.15) is 0 Å². The number of hydrogen-bond donors (Lipinski definition) is 1. The van der Waals surface area contributed by atoms with Gasteiger partial charge >= 0.3 is 0 Å². The summed E-state index contributed by atoms with van der Waals surface area (Å²) in [5, 5.41) is 2.86. The Kier molecular flexibility index (Phi) is 4.80. The van der Waals surface area contributed by atoms with E-state index in [1.165, 1.54) is 0 Å². The zero-order chi connectivity index (χ0) is 12.1. The molecule has 1 unspecified atom stereocenters. The van der Waals surface area contributed by atoms with Crippen LogP contribution in [0.2, 0.25) is 0 Å². The van der Waals surface area contributed by atoms with E-state index >= 15 is 0 Å². The molecule has 3 nitrogen and oxygen atoms in total. The third-order valence-corrected chi connectivity index (χ3v) is 2.49. The number of halogens is 1. The number of benzene rings is 1. The van der Waals surface area contributed by atoms with Gasteiger partial charge in [-0.2, -0.15) is 0 Å². The van der Waals surface area contributed by atoms with Gasteiger partial charge in [-0.25, -0.2) is 0 Å². The minimum absolute atomic E-state index is 0.0324. The Morgan fingerprint density at radius 1 is 1.50 bits per heavy atom. The Balaban J connectivity index is 2.72. The van der Waals surface area contributed by atoms with Crippen LogP contribution in [-0.4, -0.2) is 31.4 Å². The molecule has 0 radical (unpaired) electrons. The van der Waals surface area contributed by atoms with E-state index in [1.54, 1.807) is 0 Å². The lowest BCUT2D eigenvalue weighted by atomic mass is 10.2. The van der Waals surface area contributed by atoms with Crippen molar-refractivity contribution in [2.24, 2.45) is 0 Å². The maximum atomic E-state index is 11.8. The lowest BCUT2D eigenvalue weighted by Crippen LogP contribution is -2.28. The topological polar surface area (TPSA) is 32.3 Å². The van der Waals surface area contributed by atoms with Gasteiger partial charge in [0.25, 0.3) is 5.91 Å². The molecule has 0 saturated heterocycles. The van der Waals surface area contributed by atoms with Gasteiger partial charge in [-0.3, -0.25) is 4.79 Å². The molecular weight excluding hydrogens is 268 g/mol. The third kappa shape index (κ3) is 3.85. The largest absolute Gasteiger partial charge is 0.378 e. The second-order valence-electron chi connectivity index (χ2n) is 3.94. The van der Waals surface area contributed by atoms with E-state index in [1.807, 2.05) is 50.2 Å². The van der Waals surface area contributed by atoms with Crippen LogP contribution in [-0.2, 0) is 0 Å². The summed E-state index contributed by atoms with van der Waals surface area (Å²) in [5.74, 6) is -0.0324. The Morgan fingerprint density at radius 2 is 2.19 bits per heavy atom. The van der Waals surface area contributed by atoms with Gasteiger partial charge < -0.3 is 10.2 Å². The summed E-state index contributed by atoms with van der Waals surface area (Å²) in [5.41, 5.74) is 1.72. The average molecular weight is 285 g/mol. The predicted octanol–water partition coefficient (Wildman–Crippen LogP) is 2.27. The number of amides is 1. The molecule has 1 rings (SSSR count). The maximum Gasteiger partial charge on any atom is 0.251 e. The van der Waals surface area contributed by atoms with Crippen molar-refractivity contribution in [3.63, 3.8) is 0 Å². The Hall–Kier alpha value is -1.03. The van der Waals surface area contributed by atoms with Crippen molar-refractivity contribution in [1.29, 1.82) is 0 Å². The van der Waals surface area contributed by atoms with Crippen molar-refractivity contribution in [3.8, 4) is 0 Å². The van der Waals surface area contributed by atoms with Crippen LogP contribution < -0.4 is 10.2 Å². The van der Waals surface area contributed by atoms with Crippen LogP contribution in [0.25, 0.3) is 0 Å². The van der Waals surface area contributed by atoms with E-state index in [2.05, 4.69) is 21.2 Å². The van der Waals surface area contributed by atoms with Gasteiger partial charge in [0, 0.05) is 36.7 Å². The molecule has 0 bridgehead atoms. The van der Waals surface area contributed by atoms with Crippen molar-refractivity contribution in [2.45, 2.75) is 11.8 Å². The van der Waals surface area contributed by atoms with Crippen LogP contribution in [0.3, 0.4) is 0 Å². The first-order valence-electron chi connectivity index (χ1n) is 5.20. The monoisotopic (exact) mass is 284 g/mol. The van der Waals surface area contributed by atoms with Crippen LogP contribution >= 0.6 is 15.9 Å². The Morgan fingerprint density at radius 3 is 2.75 bits per heavy atom. The lowest BCUT2D eigenvalue weighted by molar-refractivity contribution is 0.0954. The molecule has 0 spiro atoms. The number of anilines is 1. The molecule has 88 valence electrons. The average Bonchev–Trinajstić information content (AvgIpc) is 2.26. The molecule has 0 aliphatic rings. The zero-order valence-electron chi connectivity index (χ0n) is 9.83. The van der Waals surface area contributed by atoms with Gasteiger partial charge in [0.05, 0.1) is 0 Å². The van der Waals surface area contributed by atoms with Gasteiger partial charge in [0.2, 0.25) is 0 Å². The van der Waals surface area contributed by atoms with E-state index in [4.69, 9.17) is 0 Å². The van der Waals surface area contributed by atoms with E-state index in [0.717, 1.165) is 5.69 Å². The lowest BCUT2D eigenvalue weighted by Gasteiger charge is -2.13. The fourth-order valence-corrected chi connectivity index (χ4v) is 1.42. The molecule has 0 aliphatic heterocycles. The number of alkyl halides is 1. The molecule has 0 saturated carbocycles. The Labute approximate surface area is 105 Å². The molecule has 16 heavy (non-hydrogen) atoms. The number of nitrogens with one attached hydrogen (secondary N) is 1. The highest BCUT2D eigenvalue weighted by molar-refractivity contribution is 9.09. The van der Waals surface area contributed by atoms with E-state index in [-0.39, 0.29) is 10.7 Å². The number of carbonyl (C=O) groups is 1.